The van der Waals surface area contributed by atoms with Crippen LogP contribution in [0.25, 0.3) is 10.9 Å². The molecule has 0 aliphatic heterocycles. The lowest BCUT2D eigenvalue weighted by Gasteiger charge is -2.19. The number of H-pyrrole nitrogens is 1. The number of halogens is 2. The first-order chi connectivity index (χ1) is 9.16. The predicted molar refractivity (Wildman–Crippen MR) is 71.2 cm³/mol. The second-order valence-corrected chi connectivity index (χ2v) is 4.32. The van der Waals surface area contributed by atoms with Crippen molar-refractivity contribution in [2.75, 3.05) is 11.9 Å². The van der Waals surface area contributed by atoms with Gasteiger partial charge in [-0.3, -0.25) is 5.10 Å². The van der Waals surface area contributed by atoms with E-state index in [4.69, 9.17) is 11.6 Å². The van der Waals surface area contributed by atoms with Crippen LogP contribution in [0.4, 0.5) is 15.9 Å². The van der Waals surface area contributed by atoms with Gasteiger partial charge < -0.3 is 4.90 Å². The number of aromatic amines is 1. The molecule has 0 amide bonds. The summed E-state index contributed by atoms with van der Waals surface area (Å²) in [6, 6.07) is 5.60. The monoisotopic (exact) mass is 277 g/mol. The lowest BCUT2D eigenvalue weighted by molar-refractivity contribution is 0.613. The smallest absolute Gasteiger partial charge is 0.224 e. The van der Waals surface area contributed by atoms with Crippen molar-refractivity contribution in [3.8, 4) is 0 Å². The summed E-state index contributed by atoms with van der Waals surface area (Å²) in [4.78, 5) is 9.13. The van der Waals surface area contributed by atoms with E-state index in [0.717, 1.165) is 22.8 Å². The molecule has 1 aromatic carbocycles. The maximum atomic E-state index is 13.8. The van der Waals surface area contributed by atoms with Gasteiger partial charge in [0.2, 0.25) is 5.28 Å². The Bertz CT molecular complexity index is 742. The van der Waals surface area contributed by atoms with E-state index in [2.05, 4.69) is 20.2 Å². The van der Waals surface area contributed by atoms with Gasteiger partial charge in [-0.05, 0) is 23.7 Å². The minimum absolute atomic E-state index is 0.00242. The molecule has 0 saturated heterocycles. The third-order valence-electron chi connectivity index (χ3n) is 2.84. The fourth-order valence-electron chi connectivity index (χ4n) is 1.93. The third-order valence-corrected chi connectivity index (χ3v) is 3.02. The first-order valence-electron chi connectivity index (χ1n) is 5.50. The molecule has 0 atom stereocenters. The standard InChI is InChI=1S/C12H9ClFN5/c1-19(11-8(14)6-15-12(13)17-11)10-4-2-3-9-7(10)5-16-18-9/h2-6H,1H3,(H,16,18). The number of nitrogens with one attached hydrogen (secondary N) is 1. The van der Waals surface area contributed by atoms with Gasteiger partial charge in [0.1, 0.15) is 0 Å². The highest BCUT2D eigenvalue weighted by Crippen LogP contribution is 2.30. The Morgan fingerprint density at radius 1 is 1.32 bits per heavy atom. The van der Waals surface area contributed by atoms with Crippen molar-refractivity contribution >= 4 is 34.0 Å². The van der Waals surface area contributed by atoms with Gasteiger partial charge in [0.05, 0.1) is 23.6 Å². The van der Waals surface area contributed by atoms with Crippen LogP contribution in [-0.2, 0) is 0 Å². The molecule has 1 N–H and O–H groups in total. The molecule has 0 aliphatic carbocycles. The average molecular weight is 278 g/mol. The molecule has 3 aromatic rings. The Morgan fingerprint density at radius 2 is 2.16 bits per heavy atom. The normalized spacial score (nSPS) is 10.9. The largest absolute Gasteiger partial charge is 0.326 e. The zero-order chi connectivity index (χ0) is 13.4. The van der Waals surface area contributed by atoms with E-state index in [1.165, 1.54) is 0 Å². The molecule has 0 fully saturated rings. The highest BCUT2D eigenvalue weighted by atomic mass is 35.5. The van der Waals surface area contributed by atoms with Crippen LogP contribution >= 0.6 is 11.6 Å². The lowest BCUT2D eigenvalue weighted by atomic mass is 10.2. The third kappa shape index (κ3) is 2.00. The molecule has 0 unspecified atom stereocenters. The second-order valence-electron chi connectivity index (χ2n) is 3.98. The number of hydrogen-bond donors (Lipinski definition) is 1. The van der Waals surface area contributed by atoms with E-state index >= 15 is 0 Å². The van der Waals surface area contributed by atoms with Gasteiger partial charge in [-0.25, -0.2) is 9.37 Å². The molecule has 7 heteroatoms. The molecule has 5 nitrogen and oxygen atoms in total. The van der Waals surface area contributed by atoms with Crippen molar-refractivity contribution in [1.82, 2.24) is 20.2 Å². The summed E-state index contributed by atoms with van der Waals surface area (Å²) >= 11 is 5.71. The predicted octanol–water partition coefficient (Wildman–Crippen LogP) is 2.91. The van der Waals surface area contributed by atoms with Crippen LogP contribution in [0.2, 0.25) is 5.28 Å². The molecule has 0 radical (unpaired) electrons. The summed E-state index contributed by atoms with van der Waals surface area (Å²) in [6.45, 7) is 0. The molecule has 2 heterocycles. The molecule has 0 spiro atoms. The SMILES string of the molecule is CN(c1nc(Cl)ncc1F)c1cccc2[nH]ncc12. The number of rotatable bonds is 2. The fourth-order valence-corrected chi connectivity index (χ4v) is 2.06. The summed E-state index contributed by atoms with van der Waals surface area (Å²) in [5.41, 5.74) is 1.64. The van der Waals surface area contributed by atoms with Crippen LogP contribution < -0.4 is 4.90 Å². The van der Waals surface area contributed by atoms with Crippen LogP contribution in [0.3, 0.4) is 0 Å². The number of anilines is 2. The number of nitrogens with zero attached hydrogens (tertiary/aromatic N) is 4. The minimum atomic E-state index is -0.535. The molecule has 3 rings (SSSR count). The van der Waals surface area contributed by atoms with Gasteiger partial charge in [-0.2, -0.15) is 10.1 Å². The van der Waals surface area contributed by atoms with Crippen LogP contribution in [0.15, 0.2) is 30.6 Å². The lowest BCUT2D eigenvalue weighted by Crippen LogP contribution is -2.13. The quantitative estimate of drug-likeness (QED) is 0.732. The highest BCUT2D eigenvalue weighted by Gasteiger charge is 2.15. The van der Waals surface area contributed by atoms with E-state index < -0.39 is 5.82 Å². The van der Waals surface area contributed by atoms with Crippen molar-refractivity contribution in [2.45, 2.75) is 0 Å². The summed E-state index contributed by atoms with van der Waals surface area (Å²) in [5, 5.41) is 7.71. The molecular weight excluding hydrogens is 269 g/mol. The van der Waals surface area contributed by atoms with Gasteiger partial charge in [0.25, 0.3) is 0 Å². The Kier molecular flexibility index (Phi) is 2.79. The fraction of sp³-hybridized carbons (Fsp3) is 0.0833. The van der Waals surface area contributed by atoms with Crippen LogP contribution in [0.1, 0.15) is 0 Å². The average Bonchev–Trinajstić information content (AvgIpc) is 2.89. The van der Waals surface area contributed by atoms with Crippen molar-refractivity contribution < 1.29 is 4.39 Å². The summed E-state index contributed by atoms with van der Waals surface area (Å²) in [5.74, 6) is -0.416. The summed E-state index contributed by atoms with van der Waals surface area (Å²) < 4.78 is 13.8. The number of fused-ring (bicyclic) bond motifs is 1. The number of aromatic nitrogens is 4. The molecule has 19 heavy (non-hydrogen) atoms. The zero-order valence-corrected chi connectivity index (χ0v) is 10.7. The van der Waals surface area contributed by atoms with E-state index in [0.29, 0.717) is 0 Å². The first-order valence-corrected chi connectivity index (χ1v) is 5.88. The number of benzene rings is 1. The maximum Gasteiger partial charge on any atom is 0.224 e. The first kappa shape index (κ1) is 11.9. The van der Waals surface area contributed by atoms with E-state index in [-0.39, 0.29) is 11.1 Å². The van der Waals surface area contributed by atoms with Gasteiger partial charge in [0, 0.05) is 12.4 Å². The molecule has 0 saturated carbocycles. The van der Waals surface area contributed by atoms with Gasteiger partial charge in [-0.1, -0.05) is 6.07 Å². The molecule has 0 aliphatic rings. The van der Waals surface area contributed by atoms with Crippen molar-refractivity contribution in [1.29, 1.82) is 0 Å². The molecular formula is C12H9ClFN5. The van der Waals surface area contributed by atoms with Gasteiger partial charge >= 0.3 is 0 Å². The van der Waals surface area contributed by atoms with Crippen LogP contribution in [0, 0.1) is 5.82 Å². The second kappa shape index (κ2) is 4.47. The molecule has 96 valence electrons. The van der Waals surface area contributed by atoms with Crippen molar-refractivity contribution in [2.24, 2.45) is 0 Å². The summed E-state index contributed by atoms with van der Waals surface area (Å²) in [7, 11) is 1.71. The van der Waals surface area contributed by atoms with Gasteiger partial charge in [0.15, 0.2) is 11.6 Å². The summed E-state index contributed by atoms with van der Waals surface area (Å²) in [6.07, 6.45) is 2.73. The Balaban J connectivity index is 2.15. The van der Waals surface area contributed by atoms with Crippen molar-refractivity contribution in [3.63, 3.8) is 0 Å². The molecule has 2 aromatic heterocycles. The zero-order valence-electron chi connectivity index (χ0n) is 9.93. The topological polar surface area (TPSA) is 57.7 Å². The Labute approximate surface area is 113 Å². The maximum absolute atomic E-state index is 13.8. The highest BCUT2D eigenvalue weighted by molar-refractivity contribution is 6.28. The minimum Gasteiger partial charge on any atom is -0.326 e. The van der Waals surface area contributed by atoms with E-state index in [9.17, 15) is 4.39 Å². The van der Waals surface area contributed by atoms with Crippen LogP contribution in [0.5, 0.6) is 0 Å². The number of hydrogen-bond acceptors (Lipinski definition) is 4. The van der Waals surface area contributed by atoms with E-state index in [1.807, 2.05) is 18.2 Å². The Hall–Kier alpha value is -2.21. The van der Waals surface area contributed by atoms with Crippen LogP contribution in [-0.4, -0.2) is 27.2 Å². The van der Waals surface area contributed by atoms with E-state index in [1.54, 1.807) is 18.1 Å². The van der Waals surface area contributed by atoms with Crippen molar-refractivity contribution in [3.05, 3.63) is 41.7 Å². The van der Waals surface area contributed by atoms with Gasteiger partial charge in [-0.15, -0.1) is 0 Å². The Morgan fingerprint density at radius 3 is 3.00 bits per heavy atom. The molecule has 0 bridgehead atoms.